The average Bonchev–Trinajstić information content (AvgIpc) is 3.32. The molecule has 3 aromatic heterocycles. The molecule has 0 unspecified atom stereocenters. The van der Waals surface area contributed by atoms with Gasteiger partial charge in [0.2, 0.25) is 5.75 Å². The molecule has 4 aromatic rings. The summed E-state index contributed by atoms with van der Waals surface area (Å²) in [6.45, 7) is 4.44. The van der Waals surface area contributed by atoms with Gasteiger partial charge in [-0.2, -0.15) is 0 Å². The second-order valence-electron chi connectivity index (χ2n) is 6.85. The van der Waals surface area contributed by atoms with Crippen molar-refractivity contribution in [1.82, 2.24) is 14.4 Å². The summed E-state index contributed by atoms with van der Waals surface area (Å²) in [5.74, 6) is -0.226. The second-order valence-corrected chi connectivity index (χ2v) is 9.58. The molecule has 4 rings (SSSR count). The SMILES string of the molecule is CCCCOc1c(-c2ncc(Cc3ccc(Cl)c(F)c3)s2)nc2sc(C)cn2c1=O. The summed E-state index contributed by atoms with van der Waals surface area (Å²) in [6, 6.07) is 4.75. The molecule has 3 heterocycles. The van der Waals surface area contributed by atoms with Crippen LogP contribution in [0.15, 0.2) is 35.4 Å². The summed E-state index contributed by atoms with van der Waals surface area (Å²) in [5.41, 5.74) is 1.02. The maximum Gasteiger partial charge on any atom is 0.301 e. The number of fused-ring (bicyclic) bond motifs is 1. The van der Waals surface area contributed by atoms with Gasteiger partial charge in [0, 0.05) is 28.6 Å². The number of ether oxygens (including phenoxy) is 1. The molecule has 0 spiro atoms. The molecule has 0 N–H and O–H groups in total. The van der Waals surface area contributed by atoms with Crippen molar-refractivity contribution in [2.75, 3.05) is 6.61 Å². The third-order valence-corrected chi connectivity index (χ3v) is 6.68. The van der Waals surface area contributed by atoms with Crippen molar-refractivity contribution < 1.29 is 9.13 Å². The Kier molecular flexibility index (Phi) is 6.17. The molecule has 0 aliphatic heterocycles. The van der Waals surface area contributed by atoms with E-state index in [1.54, 1.807) is 24.5 Å². The van der Waals surface area contributed by atoms with Gasteiger partial charge < -0.3 is 4.74 Å². The Bertz CT molecular complexity index is 1270. The smallest absolute Gasteiger partial charge is 0.301 e. The Morgan fingerprint density at radius 3 is 2.90 bits per heavy atom. The highest BCUT2D eigenvalue weighted by Gasteiger charge is 2.20. The lowest BCUT2D eigenvalue weighted by Gasteiger charge is -2.08. The van der Waals surface area contributed by atoms with Gasteiger partial charge >= 0.3 is 5.56 Å². The van der Waals surface area contributed by atoms with E-state index < -0.39 is 5.82 Å². The van der Waals surface area contributed by atoms with E-state index in [-0.39, 0.29) is 16.3 Å². The first-order valence-electron chi connectivity index (χ1n) is 9.51. The van der Waals surface area contributed by atoms with Crippen LogP contribution in [0.5, 0.6) is 5.75 Å². The van der Waals surface area contributed by atoms with Gasteiger partial charge in [-0.3, -0.25) is 9.20 Å². The minimum Gasteiger partial charge on any atom is -0.486 e. The summed E-state index contributed by atoms with van der Waals surface area (Å²) in [7, 11) is 0. The van der Waals surface area contributed by atoms with Crippen molar-refractivity contribution in [1.29, 1.82) is 0 Å². The topological polar surface area (TPSA) is 56.5 Å². The van der Waals surface area contributed by atoms with Crippen molar-refractivity contribution in [3.63, 3.8) is 0 Å². The first kappa shape index (κ1) is 21.0. The van der Waals surface area contributed by atoms with Crippen molar-refractivity contribution in [2.24, 2.45) is 0 Å². The third-order valence-electron chi connectivity index (χ3n) is 4.47. The van der Waals surface area contributed by atoms with Gasteiger partial charge in [-0.05, 0) is 31.0 Å². The summed E-state index contributed by atoms with van der Waals surface area (Å²) >= 11 is 8.62. The Hall–Kier alpha value is -2.29. The molecule has 0 fully saturated rings. The highest BCUT2D eigenvalue weighted by molar-refractivity contribution is 7.17. The number of thiazole rings is 2. The van der Waals surface area contributed by atoms with E-state index in [0.717, 1.165) is 28.2 Å². The van der Waals surface area contributed by atoms with Crippen LogP contribution < -0.4 is 10.3 Å². The van der Waals surface area contributed by atoms with Crippen LogP contribution in [0.1, 0.15) is 35.1 Å². The summed E-state index contributed by atoms with van der Waals surface area (Å²) < 4.78 is 21.1. The van der Waals surface area contributed by atoms with E-state index in [1.807, 2.05) is 6.92 Å². The molecular weight excluding hydrogens is 445 g/mol. The van der Waals surface area contributed by atoms with Crippen LogP contribution in [0, 0.1) is 12.7 Å². The van der Waals surface area contributed by atoms with E-state index in [4.69, 9.17) is 16.3 Å². The third kappa shape index (κ3) is 4.26. The predicted molar refractivity (Wildman–Crippen MR) is 120 cm³/mol. The molecule has 0 aliphatic rings. The van der Waals surface area contributed by atoms with Gasteiger partial charge in [-0.1, -0.05) is 31.0 Å². The van der Waals surface area contributed by atoms with Crippen LogP contribution in [-0.2, 0) is 6.42 Å². The molecule has 0 saturated carbocycles. The van der Waals surface area contributed by atoms with Crippen LogP contribution in [0.2, 0.25) is 5.02 Å². The molecule has 0 bridgehead atoms. The van der Waals surface area contributed by atoms with E-state index in [9.17, 15) is 9.18 Å². The van der Waals surface area contributed by atoms with Crippen LogP contribution in [0.25, 0.3) is 15.7 Å². The average molecular weight is 464 g/mol. The largest absolute Gasteiger partial charge is 0.486 e. The molecular formula is C21H19ClFN3O2S2. The molecule has 9 heteroatoms. The van der Waals surface area contributed by atoms with E-state index >= 15 is 0 Å². The van der Waals surface area contributed by atoms with Crippen LogP contribution in [0.3, 0.4) is 0 Å². The quantitative estimate of drug-likeness (QED) is 0.327. The number of nitrogens with zero attached hydrogens (tertiary/aromatic N) is 3. The molecule has 0 aliphatic carbocycles. The number of unbranched alkanes of at least 4 members (excludes halogenated alkanes) is 1. The fourth-order valence-corrected chi connectivity index (χ4v) is 4.85. The molecule has 0 amide bonds. The van der Waals surface area contributed by atoms with Gasteiger partial charge in [0.05, 0.1) is 11.6 Å². The number of aromatic nitrogens is 3. The fraction of sp³-hybridized carbons (Fsp3) is 0.286. The second kappa shape index (κ2) is 8.83. The summed E-state index contributed by atoms with van der Waals surface area (Å²) in [6.07, 6.45) is 5.81. The Morgan fingerprint density at radius 2 is 2.13 bits per heavy atom. The maximum absolute atomic E-state index is 13.7. The molecule has 0 saturated heterocycles. The van der Waals surface area contributed by atoms with Crippen molar-refractivity contribution in [3.05, 3.63) is 67.1 Å². The Balaban J connectivity index is 1.72. The Labute approximate surface area is 185 Å². The van der Waals surface area contributed by atoms with Crippen LogP contribution in [0.4, 0.5) is 4.39 Å². The van der Waals surface area contributed by atoms with Gasteiger partial charge in [-0.15, -0.1) is 22.7 Å². The lowest BCUT2D eigenvalue weighted by atomic mass is 10.1. The highest BCUT2D eigenvalue weighted by Crippen LogP contribution is 2.32. The first-order chi connectivity index (χ1) is 14.5. The fourth-order valence-electron chi connectivity index (χ4n) is 2.98. The van der Waals surface area contributed by atoms with Gasteiger partial charge in [0.1, 0.15) is 16.5 Å². The zero-order valence-electron chi connectivity index (χ0n) is 16.4. The zero-order valence-corrected chi connectivity index (χ0v) is 18.8. The number of hydrogen-bond acceptors (Lipinski definition) is 6. The standard InChI is InChI=1S/C21H19ClFN3O2S2/c1-3-4-7-28-18-17(25-21-26(20(18)27)11-12(2)29-21)19-24-10-14(30-19)8-13-5-6-15(22)16(23)9-13/h5-6,9-11H,3-4,7-8H2,1-2H3. The molecule has 30 heavy (non-hydrogen) atoms. The zero-order chi connectivity index (χ0) is 21.3. The van der Waals surface area contributed by atoms with E-state index in [0.29, 0.717) is 28.7 Å². The molecule has 0 radical (unpaired) electrons. The number of halogens is 2. The summed E-state index contributed by atoms with van der Waals surface area (Å²) in [4.78, 5) is 24.7. The van der Waals surface area contributed by atoms with Gasteiger partial charge in [-0.25, -0.2) is 14.4 Å². The minimum atomic E-state index is -0.446. The number of rotatable bonds is 7. The van der Waals surface area contributed by atoms with Gasteiger partial charge in [0.25, 0.3) is 0 Å². The van der Waals surface area contributed by atoms with Crippen LogP contribution >= 0.6 is 34.3 Å². The first-order valence-corrected chi connectivity index (χ1v) is 11.5. The molecule has 1 aromatic carbocycles. The molecule has 0 atom stereocenters. The monoisotopic (exact) mass is 463 g/mol. The number of aryl methyl sites for hydroxylation is 1. The Morgan fingerprint density at radius 1 is 1.30 bits per heavy atom. The predicted octanol–water partition coefficient (Wildman–Crippen LogP) is 5.75. The molecule has 5 nitrogen and oxygen atoms in total. The van der Waals surface area contributed by atoms with Crippen molar-refractivity contribution in [2.45, 2.75) is 33.1 Å². The van der Waals surface area contributed by atoms with Crippen molar-refractivity contribution >= 4 is 39.2 Å². The highest BCUT2D eigenvalue weighted by atomic mass is 35.5. The maximum atomic E-state index is 13.7. The minimum absolute atomic E-state index is 0.0989. The normalized spacial score (nSPS) is 11.3. The van der Waals surface area contributed by atoms with Crippen LogP contribution in [-0.4, -0.2) is 21.0 Å². The van der Waals surface area contributed by atoms with Crippen molar-refractivity contribution in [3.8, 4) is 16.5 Å². The number of benzene rings is 1. The number of hydrogen-bond donors (Lipinski definition) is 0. The molecule has 156 valence electrons. The lowest BCUT2D eigenvalue weighted by Crippen LogP contribution is -2.18. The lowest BCUT2D eigenvalue weighted by molar-refractivity contribution is 0.305. The van der Waals surface area contributed by atoms with E-state index in [2.05, 4.69) is 16.9 Å². The van der Waals surface area contributed by atoms with E-state index in [1.165, 1.54) is 33.1 Å². The van der Waals surface area contributed by atoms with Gasteiger partial charge in [0.15, 0.2) is 4.96 Å². The summed E-state index contributed by atoms with van der Waals surface area (Å²) in [5, 5.41) is 0.707.